The summed E-state index contributed by atoms with van der Waals surface area (Å²) in [6, 6.07) is -0.0133. The van der Waals surface area contributed by atoms with E-state index < -0.39 is 0 Å². The smallest absolute Gasteiger partial charge is 0.221 e. The fraction of sp³-hybridized carbons (Fsp3) is 0.917. The Morgan fingerprint density at radius 2 is 1.93 bits per heavy atom. The molecular weight excluding hydrogens is 188 g/mol. The number of amides is 1. The number of hydrogen-bond acceptors (Lipinski definition) is 2. The highest BCUT2D eigenvalue weighted by Crippen LogP contribution is 2.02. The SMILES string of the molecule is CCCCCCNC(=O)CC(N)C(C)C. The van der Waals surface area contributed by atoms with Crippen LogP contribution in [0.2, 0.25) is 0 Å². The summed E-state index contributed by atoms with van der Waals surface area (Å²) < 4.78 is 0. The Labute approximate surface area is 93.8 Å². The van der Waals surface area contributed by atoms with E-state index >= 15 is 0 Å². The zero-order chi connectivity index (χ0) is 11.7. The fourth-order valence-corrected chi connectivity index (χ4v) is 1.30. The standard InChI is InChI=1S/C12H26N2O/c1-4-5-6-7-8-14-12(15)9-11(13)10(2)3/h10-11H,4-9,13H2,1-3H3,(H,14,15). The van der Waals surface area contributed by atoms with Crippen molar-refractivity contribution in [2.24, 2.45) is 11.7 Å². The molecule has 3 nitrogen and oxygen atoms in total. The summed E-state index contributed by atoms with van der Waals surface area (Å²) in [6.45, 7) is 7.06. The lowest BCUT2D eigenvalue weighted by molar-refractivity contribution is -0.121. The number of unbranched alkanes of at least 4 members (excludes halogenated alkanes) is 3. The van der Waals surface area contributed by atoms with Crippen molar-refractivity contribution in [3.8, 4) is 0 Å². The van der Waals surface area contributed by atoms with Gasteiger partial charge in [0, 0.05) is 19.0 Å². The zero-order valence-electron chi connectivity index (χ0n) is 10.4. The van der Waals surface area contributed by atoms with E-state index in [1.807, 2.05) is 13.8 Å². The van der Waals surface area contributed by atoms with Crippen LogP contribution in [-0.4, -0.2) is 18.5 Å². The summed E-state index contributed by atoms with van der Waals surface area (Å²) in [4.78, 5) is 11.4. The quantitative estimate of drug-likeness (QED) is 0.608. The van der Waals surface area contributed by atoms with Crippen molar-refractivity contribution in [1.29, 1.82) is 0 Å². The zero-order valence-corrected chi connectivity index (χ0v) is 10.4. The number of rotatable bonds is 8. The van der Waals surface area contributed by atoms with Crippen molar-refractivity contribution in [2.45, 2.75) is 58.9 Å². The molecule has 1 unspecified atom stereocenters. The summed E-state index contributed by atoms with van der Waals surface area (Å²) >= 11 is 0. The Hall–Kier alpha value is -0.570. The van der Waals surface area contributed by atoms with E-state index in [1.165, 1.54) is 19.3 Å². The van der Waals surface area contributed by atoms with Crippen molar-refractivity contribution < 1.29 is 4.79 Å². The number of carbonyl (C=O) groups excluding carboxylic acids is 1. The van der Waals surface area contributed by atoms with Crippen LogP contribution in [0.5, 0.6) is 0 Å². The Kier molecular flexibility index (Phi) is 8.38. The molecule has 90 valence electrons. The molecular formula is C12H26N2O. The molecule has 0 radical (unpaired) electrons. The van der Waals surface area contributed by atoms with Gasteiger partial charge in [0.2, 0.25) is 5.91 Å². The second-order valence-corrected chi connectivity index (χ2v) is 4.52. The summed E-state index contributed by atoms with van der Waals surface area (Å²) in [5.74, 6) is 0.462. The second kappa shape index (κ2) is 8.72. The van der Waals surface area contributed by atoms with Crippen LogP contribution >= 0.6 is 0 Å². The molecule has 0 spiro atoms. The maximum absolute atomic E-state index is 11.4. The third-order valence-corrected chi connectivity index (χ3v) is 2.63. The van der Waals surface area contributed by atoms with E-state index in [4.69, 9.17) is 5.73 Å². The predicted molar refractivity (Wildman–Crippen MR) is 64.6 cm³/mol. The first kappa shape index (κ1) is 14.4. The molecule has 0 aliphatic carbocycles. The van der Waals surface area contributed by atoms with Crippen LogP contribution in [0.3, 0.4) is 0 Å². The van der Waals surface area contributed by atoms with Gasteiger partial charge in [-0.25, -0.2) is 0 Å². The average molecular weight is 214 g/mol. The van der Waals surface area contributed by atoms with Crippen molar-refractivity contribution in [3.63, 3.8) is 0 Å². The second-order valence-electron chi connectivity index (χ2n) is 4.52. The lowest BCUT2D eigenvalue weighted by Crippen LogP contribution is -2.35. The minimum Gasteiger partial charge on any atom is -0.356 e. The largest absolute Gasteiger partial charge is 0.356 e. The van der Waals surface area contributed by atoms with E-state index in [-0.39, 0.29) is 11.9 Å². The molecule has 3 N–H and O–H groups in total. The van der Waals surface area contributed by atoms with Gasteiger partial charge in [-0.3, -0.25) is 4.79 Å². The van der Waals surface area contributed by atoms with Crippen LogP contribution in [0.25, 0.3) is 0 Å². The van der Waals surface area contributed by atoms with Gasteiger partial charge in [-0.2, -0.15) is 0 Å². The molecule has 0 bridgehead atoms. The number of carbonyl (C=O) groups is 1. The molecule has 0 aromatic carbocycles. The summed E-state index contributed by atoms with van der Waals surface area (Å²) in [7, 11) is 0. The van der Waals surface area contributed by atoms with E-state index in [0.29, 0.717) is 12.3 Å². The monoisotopic (exact) mass is 214 g/mol. The molecule has 15 heavy (non-hydrogen) atoms. The Bertz CT molecular complexity index is 169. The van der Waals surface area contributed by atoms with Crippen molar-refractivity contribution in [2.75, 3.05) is 6.54 Å². The molecule has 0 aromatic rings. The number of nitrogens with two attached hydrogens (primary N) is 1. The molecule has 0 saturated carbocycles. The molecule has 0 rings (SSSR count). The molecule has 0 aliphatic rings. The van der Waals surface area contributed by atoms with E-state index in [2.05, 4.69) is 12.2 Å². The van der Waals surface area contributed by atoms with Crippen molar-refractivity contribution in [1.82, 2.24) is 5.32 Å². The maximum Gasteiger partial charge on any atom is 0.221 e. The summed E-state index contributed by atoms with van der Waals surface area (Å²) in [5.41, 5.74) is 5.81. The Morgan fingerprint density at radius 1 is 1.27 bits per heavy atom. The lowest BCUT2D eigenvalue weighted by atomic mass is 10.0. The first-order chi connectivity index (χ1) is 7.07. The van der Waals surface area contributed by atoms with Gasteiger partial charge in [0.25, 0.3) is 0 Å². The van der Waals surface area contributed by atoms with Gasteiger partial charge in [-0.05, 0) is 12.3 Å². The highest BCUT2D eigenvalue weighted by molar-refractivity contribution is 5.76. The van der Waals surface area contributed by atoms with Gasteiger partial charge in [-0.15, -0.1) is 0 Å². The lowest BCUT2D eigenvalue weighted by Gasteiger charge is -2.14. The molecule has 1 atom stereocenters. The van der Waals surface area contributed by atoms with E-state index in [0.717, 1.165) is 13.0 Å². The van der Waals surface area contributed by atoms with Crippen molar-refractivity contribution >= 4 is 5.91 Å². The highest BCUT2D eigenvalue weighted by Gasteiger charge is 2.11. The van der Waals surface area contributed by atoms with Crippen LogP contribution in [0.4, 0.5) is 0 Å². The molecule has 3 heteroatoms. The van der Waals surface area contributed by atoms with E-state index in [9.17, 15) is 4.79 Å². The molecule has 0 saturated heterocycles. The summed E-state index contributed by atoms with van der Waals surface area (Å²) in [5, 5.41) is 2.91. The fourth-order valence-electron chi connectivity index (χ4n) is 1.30. The highest BCUT2D eigenvalue weighted by atomic mass is 16.1. The number of hydrogen-bond donors (Lipinski definition) is 2. The van der Waals surface area contributed by atoms with Crippen molar-refractivity contribution in [3.05, 3.63) is 0 Å². The Balaban J connectivity index is 3.41. The summed E-state index contributed by atoms with van der Waals surface area (Å²) in [6.07, 6.45) is 5.21. The molecule has 1 amide bonds. The van der Waals surface area contributed by atoms with Gasteiger partial charge in [0.15, 0.2) is 0 Å². The molecule has 0 aliphatic heterocycles. The van der Waals surface area contributed by atoms with Gasteiger partial charge < -0.3 is 11.1 Å². The van der Waals surface area contributed by atoms with Crippen LogP contribution in [0, 0.1) is 5.92 Å². The topological polar surface area (TPSA) is 55.1 Å². The molecule has 0 heterocycles. The van der Waals surface area contributed by atoms with Gasteiger partial charge in [0.05, 0.1) is 0 Å². The van der Waals surface area contributed by atoms with Gasteiger partial charge in [-0.1, -0.05) is 40.0 Å². The van der Waals surface area contributed by atoms with Crippen LogP contribution in [0.15, 0.2) is 0 Å². The predicted octanol–water partition coefficient (Wildman–Crippen LogP) is 2.06. The van der Waals surface area contributed by atoms with E-state index in [1.54, 1.807) is 0 Å². The first-order valence-corrected chi connectivity index (χ1v) is 6.10. The number of nitrogens with one attached hydrogen (secondary N) is 1. The Morgan fingerprint density at radius 3 is 2.47 bits per heavy atom. The third kappa shape index (κ3) is 8.43. The first-order valence-electron chi connectivity index (χ1n) is 6.10. The van der Waals surface area contributed by atoms with Crippen LogP contribution < -0.4 is 11.1 Å². The van der Waals surface area contributed by atoms with Crippen LogP contribution in [-0.2, 0) is 4.79 Å². The average Bonchev–Trinajstić information content (AvgIpc) is 2.17. The normalized spacial score (nSPS) is 12.9. The third-order valence-electron chi connectivity index (χ3n) is 2.63. The van der Waals surface area contributed by atoms with Gasteiger partial charge >= 0.3 is 0 Å². The minimum absolute atomic E-state index is 0.0133. The minimum atomic E-state index is -0.0133. The van der Waals surface area contributed by atoms with Crippen LogP contribution in [0.1, 0.15) is 52.9 Å². The molecule has 0 fully saturated rings. The molecule has 0 aromatic heterocycles. The van der Waals surface area contributed by atoms with Gasteiger partial charge in [0.1, 0.15) is 0 Å². The maximum atomic E-state index is 11.4.